The predicted molar refractivity (Wildman–Crippen MR) is 65.3 cm³/mol. The summed E-state index contributed by atoms with van der Waals surface area (Å²) < 4.78 is 45.6. The maximum absolute atomic E-state index is 13.7. The van der Waals surface area contributed by atoms with Crippen molar-refractivity contribution in [3.8, 4) is 5.75 Å². The third-order valence-corrected chi connectivity index (χ3v) is 2.84. The van der Waals surface area contributed by atoms with E-state index in [1.165, 1.54) is 25.3 Å². The van der Waals surface area contributed by atoms with Gasteiger partial charge in [0.2, 0.25) is 0 Å². The number of methoxy groups -OCH3 is 1. The molecule has 1 atom stereocenters. The Morgan fingerprint density at radius 2 is 1.68 bits per heavy atom. The van der Waals surface area contributed by atoms with Gasteiger partial charge in [-0.3, -0.25) is 0 Å². The monoisotopic (exact) mass is 267 g/mol. The molecule has 2 nitrogen and oxygen atoms in total. The molecule has 0 aromatic heterocycles. The van der Waals surface area contributed by atoms with Gasteiger partial charge in [-0.25, -0.2) is 13.2 Å². The van der Waals surface area contributed by atoms with Gasteiger partial charge >= 0.3 is 0 Å². The second-order valence-corrected chi connectivity index (χ2v) is 4.00. The van der Waals surface area contributed by atoms with E-state index in [2.05, 4.69) is 0 Å². The van der Waals surface area contributed by atoms with Crippen LogP contribution in [-0.4, -0.2) is 7.11 Å². The molecular weight excluding hydrogens is 255 g/mol. The van der Waals surface area contributed by atoms with E-state index in [0.29, 0.717) is 0 Å². The Morgan fingerprint density at radius 1 is 1.05 bits per heavy atom. The second-order valence-electron chi connectivity index (χ2n) is 4.00. The zero-order valence-electron chi connectivity index (χ0n) is 10.2. The molecule has 1 unspecified atom stereocenters. The third-order valence-electron chi connectivity index (χ3n) is 2.84. The van der Waals surface area contributed by atoms with Crippen molar-refractivity contribution in [2.45, 2.75) is 6.04 Å². The molecule has 2 aromatic rings. The van der Waals surface area contributed by atoms with Gasteiger partial charge < -0.3 is 10.5 Å². The first-order valence-electron chi connectivity index (χ1n) is 5.57. The lowest BCUT2D eigenvalue weighted by atomic mass is 9.97. The molecule has 0 radical (unpaired) electrons. The minimum atomic E-state index is -1.15. The normalized spacial score (nSPS) is 12.3. The summed E-state index contributed by atoms with van der Waals surface area (Å²) in [5.74, 6) is -1.84. The standard InChI is InChI=1S/C14H12F3NO/c1-19-12-6-5-8(15)7-9(12)14(18)13-10(16)3-2-4-11(13)17/h2-7,14H,18H2,1H3. The van der Waals surface area contributed by atoms with Gasteiger partial charge in [0.15, 0.2) is 0 Å². The van der Waals surface area contributed by atoms with Crippen molar-refractivity contribution in [3.05, 3.63) is 65.0 Å². The fourth-order valence-electron chi connectivity index (χ4n) is 1.91. The molecule has 19 heavy (non-hydrogen) atoms. The maximum Gasteiger partial charge on any atom is 0.131 e. The average Bonchev–Trinajstić information content (AvgIpc) is 2.38. The van der Waals surface area contributed by atoms with Gasteiger partial charge in [-0.1, -0.05) is 6.07 Å². The molecule has 0 amide bonds. The second kappa shape index (κ2) is 5.32. The number of rotatable bonds is 3. The molecule has 0 bridgehead atoms. The summed E-state index contributed by atoms with van der Waals surface area (Å²) in [6, 6.07) is 5.95. The van der Waals surface area contributed by atoms with Crippen molar-refractivity contribution in [1.29, 1.82) is 0 Å². The Morgan fingerprint density at radius 3 is 2.26 bits per heavy atom. The molecule has 5 heteroatoms. The van der Waals surface area contributed by atoms with E-state index in [1.54, 1.807) is 0 Å². The average molecular weight is 267 g/mol. The van der Waals surface area contributed by atoms with Gasteiger partial charge in [0.1, 0.15) is 23.2 Å². The highest BCUT2D eigenvalue weighted by molar-refractivity contribution is 5.42. The summed E-state index contributed by atoms with van der Waals surface area (Å²) >= 11 is 0. The number of hydrogen-bond acceptors (Lipinski definition) is 2. The van der Waals surface area contributed by atoms with Crippen molar-refractivity contribution >= 4 is 0 Å². The van der Waals surface area contributed by atoms with Crippen LogP contribution < -0.4 is 10.5 Å². The highest BCUT2D eigenvalue weighted by Crippen LogP contribution is 2.31. The molecule has 0 aliphatic carbocycles. The van der Waals surface area contributed by atoms with Crippen LogP contribution in [0.15, 0.2) is 36.4 Å². The van der Waals surface area contributed by atoms with Crippen molar-refractivity contribution in [2.24, 2.45) is 5.73 Å². The number of ether oxygens (including phenoxy) is 1. The first-order valence-corrected chi connectivity index (χ1v) is 5.57. The first-order chi connectivity index (χ1) is 9.04. The summed E-state index contributed by atoms with van der Waals surface area (Å²) in [4.78, 5) is 0. The Bertz CT molecular complexity index is 581. The maximum atomic E-state index is 13.7. The Hall–Kier alpha value is -2.01. The topological polar surface area (TPSA) is 35.2 Å². The van der Waals surface area contributed by atoms with Crippen molar-refractivity contribution in [3.63, 3.8) is 0 Å². The van der Waals surface area contributed by atoms with E-state index >= 15 is 0 Å². The van der Waals surface area contributed by atoms with E-state index in [9.17, 15) is 13.2 Å². The van der Waals surface area contributed by atoms with Crippen molar-refractivity contribution in [1.82, 2.24) is 0 Å². The fourth-order valence-corrected chi connectivity index (χ4v) is 1.91. The first kappa shape index (κ1) is 13.4. The van der Waals surface area contributed by atoms with E-state index in [-0.39, 0.29) is 16.9 Å². The molecule has 0 spiro atoms. The van der Waals surface area contributed by atoms with Gasteiger partial charge in [-0.15, -0.1) is 0 Å². The fraction of sp³-hybridized carbons (Fsp3) is 0.143. The van der Waals surface area contributed by atoms with E-state index in [0.717, 1.165) is 18.2 Å². The van der Waals surface area contributed by atoms with Crippen LogP contribution in [0.2, 0.25) is 0 Å². The number of halogens is 3. The Kier molecular flexibility index (Phi) is 3.76. The molecular formula is C14H12F3NO. The molecule has 0 aliphatic rings. The van der Waals surface area contributed by atoms with Crippen LogP contribution in [0.1, 0.15) is 17.2 Å². The summed E-state index contributed by atoms with van der Waals surface area (Å²) in [6.07, 6.45) is 0. The Labute approximate surface area is 108 Å². The summed E-state index contributed by atoms with van der Waals surface area (Å²) in [6.45, 7) is 0. The van der Waals surface area contributed by atoms with Crippen LogP contribution in [0.5, 0.6) is 5.75 Å². The van der Waals surface area contributed by atoms with Crippen molar-refractivity contribution in [2.75, 3.05) is 7.11 Å². The lowest BCUT2D eigenvalue weighted by molar-refractivity contribution is 0.405. The quantitative estimate of drug-likeness (QED) is 0.927. The summed E-state index contributed by atoms with van der Waals surface area (Å²) in [5, 5.41) is 0. The number of nitrogens with two attached hydrogens (primary N) is 1. The molecule has 0 saturated heterocycles. The zero-order valence-corrected chi connectivity index (χ0v) is 10.2. The molecule has 0 saturated carbocycles. The van der Waals surface area contributed by atoms with E-state index < -0.39 is 23.5 Å². The number of hydrogen-bond donors (Lipinski definition) is 1. The minimum absolute atomic E-state index is 0.187. The zero-order chi connectivity index (χ0) is 14.0. The Balaban J connectivity index is 2.55. The van der Waals surface area contributed by atoms with Crippen LogP contribution in [0, 0.1) is 17.5 Å². The minimum Gasteiger partial charge on any atom is -0.496 e. The van der Waals surface area contributed by atoms with Crippen LogP contribution in [0.25, 0.3) is 0 Å². The van der Waals surface area contributed by atoms with Gasteiger partial charge in [0.25, 0.3) is 0 Å². The molecule has 0 aliphatic heterocycles. The number of benzene rings is 2. The molecule has 0 heterocycles. The molecule has 2 rings (SSSR count). The molecule has 2 aromatic carbocycles. The van der Waals surface area contributed by atoms with Gasteiger partial charge in [-0.2, -0.15) is 0 Å². The highest BCUT2D eigenvalue weighted by Gasteiger charge is 2.21. The van der Waals surface area contributed by atoms with Gasteiger partial charge in [0.05, 0.1) is 13.2 Å². The predicted octanol–water partition coefficient (Wildman–Crippen LogP) is 3.16. The van der Waals surface area contributed by atoms with Crippen LogP contribution in [0.3, 0.4) is 0 Å². The lowest BCUT2D eigenvalue weighted by Crippen LogP contribution is -2.16. The van der Waals surface area contributed by atoms with Crippen LogP contribution in [0.4, 0.5) is 13.2 Å². The van der Waals surface area contributed by atoms with Crippen LogP contribution >= 0.6 is 0 Å². The molecule has 2 N–H and O–H groups in total. The van der Waals surface area contributed by atoms with Gasteiger partial charge in [-0.05, 0) is 30.3 Å². The van der Waals surface area contributed by atoms with E-state index in [4.69, 9.17) is 10.5 Å². The SMILES string of the molecule is COc1ccc(F)cc1C(N)c1c(F)cccc1F. The third kappa shape index (κ3) is 2.56. The summed E-state index contributed by atoms with van der Waals surface area (Å²) in [5.41, 5.74) is 5.71. The molecule has 100 valence electrons. The summed E-state index contributed by atoms with van der Waals surface area (Å²) in [7, 11) is 1.38. The van der Waals surface area contributed by atoms with Crippen molar-refractivity contribution < 1.29 is 17.9 Å². The van der Waals surface area contributed by atoms with Crippen LogP contribution in [-0.2, 0) is 0 Å². The largest absolute Gasteiger partial charge is 0.496 e. The lowest BCUT2D eigenvalue weighted by Gasteiger charge is -2.17. The highest BCUT2D eigenvalue weighted by atomic mass is 19.1. The van der Waals surface area contributed by atoms with E-state index in [1.807, 2.05) is 0 Å². The molecule has 0 fully saturated rings. The smallest absolute Gasteiger partial charge is 0.131 e. The van der Waals surface area contributed by atoms with Gasteiger partial charge in [0, 0.05) is 11.1 Å².